The van der Waals surface area contributed by atoms with E-state index in [1.54, 1.807) is 0 Å². The zero-order chi connectivity index (χ0) is 22.0. The van der Waals surface area contributed by atoms with E-state index in [0.29, 0.717) is 13.2 Å². The highest BCUT2D eigenvalue weighted by molar-refractivity contribution is 6.99. The van der Waals surface area contributed by atoms with Crippen LogP contribution in [0.2, 0.25) is 5.04 Å². The quantitative estimate of drug-likeness (QED) is 0.326. The molecule has 0 N–H and O–H groups in total. The average Bonchev–Trinajstić information content (AvgIpc) is 2.74. The molecule has 1 atom stereocenters. The molecule has 0 aliphatic rings. The minimum absolute atomic E-state index is 0.130. The van der Waals surface area contributed by atoms with Crippen molar-refractivity contribution in [3.8, 4) is 0 Å². The molecule has 0 unspecified atom stereocenters. The standard InChI is InChI=1S/C25H34O4Si/c1-6-7-18-28-21(19-24(26)27-5)20-29-30(25(2,3)4,22-14-10-8-11-15-22)23-16-12-9-13-17-23/h6-17,21H,18-20H2,1-5H3/b7-6+/t21-/m0/s1. The first kappa shape index (κ1) is 24.1. The Bertz CT molecular complexity index is 757. The van der Waals surface area contributed by atoms with Gasteiger partial charge in [-0.1, -0.05) is 93.6 Å². The first-order valence-corrected chi connectivity index (χ1v) is 12.3. The summed E-state index contributed by atoms with van der Waals surface area (Å²) >= 11 is 0. The number of hydrogen-bond acceptors (Lipinski definition) is 4. The average molecular weight is 427 g/mol. The van der Waals surface area contributed by atoms with E-state index in [0.717, 1.165) is 0 Å². The Kier molecular flexibility index (Phi) is 9.02. The first-order valence-electron chi connectivity index (χ1n) is 10.4. The number of benzene rings is 2. The maximum absolute atomic E-state index is 12.0. The lowest BCUT2D eigenvalue weighted by Crippen LogP contribution is -2.67. The van der Waals surface area contributed by atoms with Gasteiger partial charge in [-0.05, 0) is 22.3 Å². The second-order valence-electron chi connectivity index (χ2n) is 8.28. The minimum atomic E-state index is -2.67. The summed E-state index contributed by atoms with van der Waals surface area (Å²) in [7, 11) is -1.27. The summed E-state index contributed by atoms with van der Waals surface area (Å²) in [6.07, 6.45) is 3.63. The highest BCUT2D eigenvalue weighted by atomic mass is 28.4. The zero-order valence-corrected chi connectivity index (χ0v) is 19.8. The number of rotatable bonds is 10. The monoisotopic (exact) mass is 426 g/mol. The van der Waals surface area contributed by atoms with Gasteiger partial charge in [0.15, 0.2) is 0 Å². The maximum Gasteiger partial charge on any atom is 0.308 e. The van der Waals surface area contributed by atoms with Gasteiger partial charge in [-0.2, -0.15) is 0 Å². The predicted octanol–water partition coefficient (Wildman–Crippen LogP) is 4.09. The zero-order valence-electron chi connectivity index (χ0n) is 18.8. The Balaban J connectivity index is 2.44. The second kappa shape index (κ2) is 11.3. The van der Waals surface area contributed by atoms with Gasteiger partial charge in [-0.3, -0.25) is 4.79 Å². The molecule has 0 heterocycles. The highest BCUT2D eigenvalue weighted by Crippen LogP contribution is 2.37. The molecule has 2 rings (SSSR count). The smallest absolute Gasteiger partial charge is 0.308 e. The maximum atomic E-state index is 12.0. The van der Waals surface area contributed by atoms with Crippen LogP contribution in [0.15, 0.2) is 72.8 Å². The van der Waals surface area contributed by atoms with Crippen LogP contribution in [0.25, 0.3) is 0 Å². The molecule has 0 saturated heterocycles. The van der Waals surface area contributed by atoms with Crippen molar-refractivity contribution in [3.05, 3.63) is 72.8 Å². The number of ether oxygens (including phenoxy) is 2. The molecule has 5 heteroatoms. The Labute approximate surface area is 182 Å². The van der Waals surface area contributed by atoms with E-state index in [9.17, 15) is 4.79 Å². The second-order valence-corrected chi connectivity index (χ2v) is 12.6. The summed E-state index contributed by atoms with van der Waals surface area (Å²) in [6.45, 7) is 9.39. The molecule has 162 valence electrons. The molecular formula is C25H34O4Si. The summed E-state index contributed by atoms with van der Waals surface area (Å²) in [5.74, 6) is -0.300. The van der Waals surface area contributed by atoms with Crippen LogP contribution in [0.5, 0.6) is 0 Å². The van der Waals surface area contributed by atoms with Crippen LogP contribution >= 0.6 is 0 Å². The topological polar surface area (TPSA) is 44.8 Å². The van der Waals surface area contributed by atoms with E-state index in [2.05, 4.69) is 69.3 Å². The van der Waals surface area contributed by atoms with Crippen LogP contribution in [0, 0.1) is 0 Å². The van der Waals surface area contributed by atoms with Gasteiger partial charge in [0.05, 0.1) is 32.8 Å². The van der Waals surface area contributed by atoms with Crippen molar-refractivity contribution in [1.29, 1.82) is 0 Å². The molecule has 2 aromatic carbocycles. The van der Waals surface area contributed by atoms with Gasteiger partial charge < -0.3 is 13.9 Å². The number of hydrogen-bond donors (Lipinski definition) is 0. The SMILES string of the molecule is C/C=C/CO[C@H](CO[Si](c1ccccc1)(c1ccccc1)C(C)(C)C)CC(=O)OC. The van der Waals surface area contributed by atoms with E-state index in [-0.39, 0.29) is 23.5 Å². The van der Waals surface area contributed by atoms with Crippen molar-refractivity contribution in [2.75, 3.05) is 20.3 Å². The first-order chi connectivity index (χ1) is 14.3. The van der Waals surface area contributed by atoms with Gasteiger partial charge in [0, 0.05) is 0 Å². The summed E-state index contributed by atoms with van der Waals surface area (Å²) in [6, 6.07) is 20.9. The molecule has 0 aromatic heterocycles. The third kappa shape index (κ3) is 5.91. The fraction of sp³-hybridized carbons (Fsp3) is 0.400. The van der Waals surface area contributed by atoms with Crippen LogP contribution in [0.3, 0.4) is 0 Å². The van der Waals surface area contributed by atoms with Gasteiger partial charge in [0.2, 0.25) is 0 Å². The molecule has 0 bridgehead atoms. The van der Waals surface area contributed by atoms with Crippen LogP contribution in [0.4, 0.5) is 0 Å². The Morgan fingerprint density at radius 1 is 1.00 bits per heavy atom. The molecule has 0 aliphatic heterocycles. The number of esters is 1. The van der Waals surface area contributed by atoms with Gasteiger partial charge in [-0.25, -0.2) is 0 Å². The lowest BCUT2D eigenvalue weighted by atomic mass is 10.2. The number of carbonyl (C=O) groups excluding carboxylic acids is 1. The van der Waals surface area contributed by atoms with Gasteiger partial charge in [0.25, 0.3) is 8.32 Å². The van der Waals surface area contributed by atoms with Crippen molar-refractivity contribution in [2.45, 2.75) is 45.3 Å². The van der Waals surface area contributed by atoms with Crippen LogP contribution in [-0.2, 0) is 18.7 Å². The fourth-order valence-electron chi connectivity index (χ4n) is 3.70. The molecule has 2 aromatic rings. The largest absolute Gasteiger partial charge is 0.469 e. The molecule has 0 saturated carbocycles. The lowest BCUT2D eigenvalue weighted by Gasteiger charge is -2.43. The van der Waals surface area contributed by atoms with Crippen molar-refractivity contribution in [3.63, 3.8) is 0 Å². The Morgan fingerprint density at radius 2 is 1.53 bits per heavy atom. The van der Waals surface area contributed by atoms with Gasteiger partial charge >= 0.3 is 5.97 Å². The fourth-order valence-corrected chi connectivity index (χ4v) is 8.29. The van der Waals surface area contributed by atoms with Crippen LogP contribution in [0.1, 0.15) is 34.1 Å². The van der Waals surface area contributed by atoms with Gasteiger partial charge in [0.1, 0.15) is 0 Å². The Hall–Kier alpha value is -2.21. The lowest BCUT2D eigenvalue weighted by molar-refractivity contribution is -0.144. The van der Waals surface area contributed by atoms with Crippen molar-refractivity contribution >= 4 is 24.7 Å². The van der Waals surface area contributed by atoms with Crippen molar-refractivity contribution < 1.29 is 18.7 Å². The molecule has 4 nitrogen and oxygen atoms in total. The molecule has 30 heavy (non-hydrogen) atoms. The van der Waals surface area contributed by atoms with Crippen molar-refractivity contribution in [2.24, 2.45) is 0 Å². The summed E-state index contributed by atoms with van der Waals surface area (Å²) in [5.41, 5.74) is 0. The predicted molar refractivity (Wildman–Crippen MR) is 125 cm³/mol. The van der Waals surface area contributed by atoms with E-state index >= 15 is 0 Å². The molecule has 0 amide bonds. The minimum Gasteiger partial charge on any atom is -0.469 e. The number of methoxy groups -OCH3 is 1. The Morgan fingerprint density at radius 3 is 1.97 bits per heavy atom. The molecule has 0 spiro atoms. The normalized spacial score (nSPS) is 13.4. The number of allylic oxidation sites excluding steroid dienone is 1. The summed E-state index contributed by atoms with van der Waals surface area (Å²) < 4.78 is 17.7. The molecular weight excluding hydrogens is 392 g/mol. The highest BCUT2D eigenvalue weighted by Gasteiger charge is 2.50. The molecule has 0 radical (unpaired) electrons. The third-order valence-corrected chi connectivity index (χ3v) is 10.2. The van der Waals surface area contributed by atoms with Crippen LogP contribution < -0.4 is 10.4 Å². The third-order valence-electron chi connectivity index (χ3n) is 5.19. The van der Waals surface area contributed by atoms with E-state index in [1.807, 2.05) is 31.2 Å². The molecule has 0 aliphatic carbocycles. The summed E-state index contributed by atoms with van der Waals surface area (Å²) in [4.78, 5) is 12.0. The van der Waals surface area contributed by atoms with Crippen LogP contribution in [-0.4, -0.2) is 40.7 Å². The van der Waals surface area contributed by atoms with Gasteiger partial charge in [-0.15, -0.1) is 0 Å². The number of carbonyl (C=O) groups is 1. The summed E-state index contributed by atoms with van der Waals surface area (Å²) in [5, 5.41) is 2.28. The van der Waals surface area contributed by atoms with E-state index in [4.69, 9.17) is 13.9 Å². The molecule has 0 fully saturated rings. The van der Waals surface area contributed by atoms with E-state index in [1.165, 1.54) is 17.5 Å². The van der Waals surface area contributed by atoms with E-state index < -0.39 is 8.32 Å². The van der Waals surface area contributed by atoms with Crippen molar-refractivity contribution in [1.82, 2.24) is 0 Å².